The largest absolute Gasteiger partial charge is 0.453 e. The molecule has 0 atom stereocenters. The minimum atomic E-state index is -4.66. The minimum Gasteiger partial charge on any atom is -0.453 e. The third-order valence-electron chi connectivity index (χ3n) is 15.3. The molecular weight excluding hydrogens is 1280 g/mol. The fraction of sp³-hybridized carbons (Fsp3) is 0.355. The highest BCUT2D eigenvalue weighted by Gasteiger charge is 2.27. The number of aliphatic hydroxyl groups is 1. The number of halogens is 3. The third kappa shape index (κ3) is 19.8. The van der Waals surface area contributed by atoms with Gasteiger partial charge in [0.05, 0.1) is 41.6 Å². The lowest BCUT2D eigenvalue weighted by atomic mass is 10.0. The van der Waals surface area contributed by atoms with Gasteiger partial charge in [0.25, 0.3) is 0 Å². The Balaban J connectivity index is 0.000000187. The molecule has 0 unspecified atom stereocenters. The fourth-order valence-electron chi connectivity index (χ4n) is 10.3. The second-order valence-corrected chi connectivity index (χ2v) is 27.6. The molecule has 91 heavy (non-hydrogen) atoms. The molecule has 3 N–H and O–H groups in total. The van der Waals surface area contributed by atoms with Crippen LogP contribution >= 0.6 is 33.4 Å². The van der Waals surface area contributed by atoms with Gasteiger partial charge in [0, 0.05) is 139 Å². The molecule has 4 aliphatic rings. The Labute approximate surface area is 535 Å². The number of nitrogens with zero attached hydrogens (tertiary/aromatic N) is 8. The Morgan fingerprint density at radius 1 is 0.549 bits per heavy atom. The van der Waals surface area contributed by atoms with Crippen LogP contribution in [0.3, 0.4) is 0 Å². The van der Waals surface area contributed by atoms with Crippen molar-refractivity contribution < 1.29 is 72.7 Å². The molecule has 6 aromatic heterocycles. The van der Waals surface area contributed by atoms with Gasteiger partial charge in [-0.05, 0) is 108 Å². The molecule has 4 fully saturated rings. The molecule has 2 saturated heterocycles. The first-order valence-corrected chi connectivity index (χ1v) is 34.3. The number of benzene rings is 2. The Morgan fingerprint density at radius 2 is 0.956 bits per heavy atom. The van der Waals surface area contributed by atoms with Crippen LogP contribution in [0.25, 0.3) is 41.6 Å². The summed E-state index contributed by atoms with van der Waals surface area (Å²) >= 11 is 2.93. The summed E-state index contributed by atoms with van der Waals surface area (Å²) in [6.45, 7) is 4.91. The lowest BCUT2D eigenvalue weighted by molar-refractivity contribution is -0.136. The standard InChI is InChI=1S/C31H31FN4O7S2.C31H31FN4O4S.ClHO3S/c32-24-15-21(14-23(37)13-20-1-2-20)4-6-27(24)43-28-7-8-33-26-16-29(44-31(26)28)25-5-3-22(17-34-25)18-35-9-11-36(12-10-35)30(38)19-42-45(39,40)41;32-24-15-21(14-23(38)13-20-1-2-20)4-6-27(24)40-28-7-8-33-26-16-29(41-31(26)28)25-5-3-22(17-34-25)18-35-9-11-36(12-10-35)30(39)19-37;1-5(2,3)4/h3-8,15-17,20H,1-2,9-14,18-19H2,(H,39,40,41);3-8,15-17,20,37H,1-2,9-14,18-19H2;(H,2,3,4). The molecule has 29 heteroatoms. The third-order valence-corrected chi connectivity index (χ3v) is 18.0. The van der Waals surface area contributed by atoms with Gasteiger partial charge in [0.2, 0.25) is 11.8 Å². The van der Waals surface area contributed by atoms with E-state index >= 15 is 0 Å². The molecule has 2 amide bonds. The zero-order valence-corrected chi connectivity index (χ0v) is 52.9. The van der Waals surface area contributed by atoms with Crippen LogP contribution in [0, 0.1) is 23.5 Å². The maximum atomic E-state index is 14.9. The first-order chi connectivity index (χ1) is 43.5. The van der Waals surface area contributed by atoms with Gasteiger partial charge in [-0.15, -0.1) is 22.7 Å². The highest BCUT2D eigenvalue weighted by molar-refractivity contribution is 8.09. The molecule has 0 spiro atoms. The lowest BCUT2D eigenvalue weighted by Crippen LogP contribution is -2.49. The molecule has 12 rings (SSSR count). The predicted octanol–water partition coefficient (Wildman–Crippen LogP) is 9.53. The number of rotatable bonds is 22. The van der Waals surface area contributed by atoms with Gasteiger partial charge < -0.3 is 24.4 Å². The van der Waals surface area contributed by atoms with E-state index < -0.39 is 50.5 Å². The average molecular weight is 1350 g/mol. The number of Topliss-reactive ketones (excluding diaryl/α,β-unsaturated/α-hetero) is 2. The second kappa shape index (κ2) is 29.9. The van der Waals surface area contributed by atoms with Gasteiger partial charge in [0.15, 0.2) is 23.1 Å². The zero-order chi connectivity index (χ0) is 64.4. The molecule has 8 heterocycles. The molecule has 2 saturated carbocycles. The van der Waals surface area contributed by atoms with Crippen LogP contribution in [0.2, 0.25) is 0 Å². The van der Waals surface area contributed by atoms with Crippen LogP contribution in [-0.4, -0.2) is 160 Å². The van der Waals surface area contributed by atoms with E-state index in [-0.39, 0.29) is 41.8 Å². The summed E-state index contributed by atoms with van der Waals surface area (Å²) in [7, 11) is -4.80. The smallest absolute Gasteiger partial charge is 0.397 e. The zero-order valence-electron chi connectivity index (χ0n) is 48.9. The second-order valence-electron chi connectivity index (χ2n) is 22.4. The van der Waals surface area contributed by atoms with Gasteiger partial charge >= 0.3 is 19.7 Å². The Bertz CT molecular complexity index is 4150. The molecule has 22 nitrogen and oxygen atoms in total. The normalized spacial score (nSPS) is 15.6. The number of aliphatic hydroxyl groups excluding tert-OH is 1. The van der Waals surface area contributed by atoms with Crippen molar-refractivity contribution in [1.29, 1.82) is 0 Å². The SMILES string of the molecule is O=C(Cc1ccc(Oc2ccnc3cc(-c4ccc(CN5CCN(C(=O)CO)CC5)cn4)sc23)c(F)c1)CC1CC1.O=C(Cc1ccc(Oc2ccnc3cc(-c4ccc(CN5CCN(C(=O)COS(=O)(=O)O)CC5)cn4)sc23)c(F)c1)CC1CC1.O=S(=O)(O)Cl. The van der Waals surface area contributed by atoms with Crippen LogP contribution in [0.4, 0.5) is 8.78 Å². The summed E-state index contributed by atoms with van der Waals surface area (Å²) < 4.78 is 103. The molecule has 0 bridgehead atoms. The van der Waals surface area contributed by atoms with Crippen molar-refractivity contribution >= 4 is 96.9 Å². The number of amides is 2. The number of aromatic nitrogens is 4. The molecule has 0 radical (unpaired) electrons. The number of hydrogen-bond acceptors (Lipinski definition) is 20. The van der Waals surface area contributed by atoms with E-state index in [0.717, 1.165) is 92.5 Å². The van der Waals surface area contributed by atoms with Crippen molar-refractivity contribution in [3.05, 3.63) is 144 Å². The van der Waals surface area contributed by atoms with Gasteiger partial charge in [-0.25, -0.2) is 13.0 Å². The molecular formula is C62H63ClF2N8O14S4. The van der Waals surface area contributed by atoms with Crippen LogP contribution < -0.4 is 9.47 Å². The van der Waals surface area contributed by atoms with E-state index in [2.05, 4.69) is 50.7 Å². The summed E-state index contributed by atoms with van der Waals surface area (Å²) in [5.41, 5.74) is 6.38. The summed E-state index contributed by atoms with van der Waals surface area (Å²) in [4.78, 5) is 75.8. The summed E-state index contributed by atoms with van der Waals surface area (Å²) in [6, 6.07) is 24.6. The number of carbonyl (C=O) groups excluding carboxylic acids is 4. The van der Waals surface area contributed by atoms with Crippen molar-refractivity contribution in [3.8, 4) is 44.1 Å². The maximum Gasteiger partial charge on any atom is 0.397 e. The number of piperazine rings is 2. The quantitative estimate of drug-likeness (QED) is 0.0420. The van der Waals surface area contributed by atoms with Crippen LogP contribution in [0.1, 0.15) is 60.8 Å². The topological polar surface area (TPSA) is 289 Å². The number of pyridine rings is 4. The Morgan fingerprint density at radius 3 is 1.32 bits per heavy atom. The fourth-order valence-corrected chi connectivity index (χ4v) is 12.6. The van der Waals surface area contributed by atoms with Crippen molar-refractivity contribution in [3.63, 3.8) is 0 Å². The highest BCUT2D eigenvalue weighted by atomic mass is 35.7. The van der Waals surface area contributed by atoms with E-state index in [1.54, 1.807) is 59.9 Å². The minimum absolute atomic E-state index is 0.0787. The van der Waals surface area contributed by atoms with Crippen LogP contribution in [0.15, 0.2) is 110 Å². The molecule has 2 aliphatic carbocycles. The van der Waals surface area contributed by atoms with Crippen LogP contribution in [0.5, 0.6) is 23.0 Å². The molecule has 2 aliphatic heterocycles. The van der Waals surface area contributed by atoms with E-state index in [9.17, 15) is 36.4 Å². The molecule has 2 aromatic carbocycles. The van der Waals surface area contributed by atoms with E-state index in [4.69, 9.17) is 32.1 Å². The number of hydrogen-bond donors (Lipinski definition) is 3. The lowest BCUT2D eigenvalue weighted by Gasteiger charge is -2.34. The van der Waals surface area contributed by atoms with Gasteiger partial charge in [-0.1, -0.05) is 24.3 Å². The predicted molar refractivity (Wildman–Crippen MR) is 336 cm³/mol. The molecule has 8 aromatic rings. The maximum absolute atomic E-state index is 14.9. The van der Waals surface area contributed by atoms with Crippen molar-refractivity contribution in [2.75, 3.05) is 65.6 Å². The van der Waals surface area contributed by atoms with Crippen LogP contribution in [-0.2, 0) is 69.0 Å². The van der Waals surface area contributed by atoms with E-state index in [0.29, 0.717) is 98.6 Å². The van der Waals surface area contributed by atoms with Gasteiger partial charge in [-0.2, -0.15) is 16.8 Å². The summed E-state index contributed by atoms with van der Waals surface area (Å²) in [5, 5.41) is 9.05. The van der Waals surface area contributed by atoms with Gasteiger partial charge in [-0.3, -0.25) is 58.0 Å². The summed E-state index contributed by atoms with van der Waals surface area (Å²) in [5.74, 6) is 0.738. The first-order valence-electron chi connectivity index (χ1n) is 29.1. The number of fused-ring (bicyclic) bond motifs is 2. The summed E-state index contributed by atoms with van der Waals surface area (Å²) in [6.07, 6.45) is 13.0. The van der Waals surface area contributed by atoms with E-state index in [1.165, 1.54) is 39.7 Å². The number of ether oxygens (including phenoxy) is 2. The number of thiophene rings is 2. The number of ketones is 2. The Hall–Kier alpha value is -7.35. The van der Waals surface area contributed by atoms with Crippen molar-refractivity contribution in [1.82, 2.24) is 39.5 Å². The van der Waals surface area contributed by atoms with Crippen molar-refractivity contribution in [2.45, 2.75) is 64.5 Å². The van der Waals surface area contributed by atoms with E-state index in [1.807, 2.05) is 36.5 Å². The average Bonchev–Trinajstić information content (AvgIpc) is 1.70. The van der Waals surface area contributed by atoms with Gasteiger partial charge in [0.1, 0.15) is 36.3 Å². The Kier molecular flexibility index (Phi) is 21.9. The highest BCUT2D eigenvalue weighted by Crippen LogP contribution is 2.42. The van der Waals surface area contributed by atoms with Crippen molar-refractivity contribution in [2.24, 2.45) is 11.8 Å². The molecule has 480 valence electrons. The first kappa shape index (κ1) is 66.6. The number of carbonyl (C=O) groups is 4. The monoisotopic (exact) mass is 1340 g/mol.